The van der Waals surface area contributed by atoms with E-state index in [0.29, 0.717) is 25.7 Å². The number of rotatable bonds is 4. The number of carbonyl (C=O) groups excluding carboxylic acids is 2. The molecule has 2 aliphatic rings. The number of nitrogens with one attached hydrogen (secondary N) is 1. The van der Waals surface area contributed by atoms with Crippen LogP contribution in [0.15, 0.2) is 18.5 Å². The van der Waals surface area contributed by atoms with Crippen molar-refractivity contribution in [3.05, 3.63) is 18.5 Å². The van der Waals surface area contributed by atoms with Gasteiger partial charge in [-0.05, 0) is 25.5 Å². The molecule has 1 aromatic heterocycles. The van der Waals surface area contributed by atoms with Crippen molar-refractivity contribution in [1.82, 2.24) is 24.9 Å². The maximum Gasteiger partial charge on any atom is 0.324 e. The van der Waals surface area contributed by atoms with Crippen molar-refractivity contribution in [3.8, 4) is 0 Å². The number of amides is 3. The van der Waals surface area contributed by atoms with Crippen LogP contribution in [-0.4, -0.2) is 63.7 Å². The molecule has 108 valence electrons. The van der Waals surface area contributed by atoms with E-state index >= 15 is 0 Å². The highest BCUT2D eigenvalue weighted by atomic mass is 16.2. The van der Waals surface area contributed by atoms with E-state index in [4.69, 9.17) is 0 Å². The molecule has 0 bridgehead atoms. The maximum atomic E-state index is 12.2. The predicted molar refractivity (Wildman–Crippen MR) is 71.9 cm³/mol. The van der Waals surface area contributed by atoms with Gasteiger partial charge in [0.05, 0.1) is 13.1 Å². The normalized spacial score (nSPS) is 23.3. The fraction of sp³-hybridized carbons (Fsp3) is 0.615. The van der Waals surface area contributed by atoms with E-state index in [-0.39, 0.29) is 11.9 Å². The average molecular weight is 277 g/mol. The molecule has 3 amide bonds. The highest BCUT2D eigenvalue weighted by Crippen LogP contribution is 2.18. The monoisotopic (exact) mass is 277 g/mol. The largest absolute Gasteiger partial charge is 0.336 e. The molecule has 1 atom stereocenters. The van der Waals surface area contributed by atoms with Gasteiger partial charge < -0.3 is 5.32 Å². The third-order valence-electron chi connectivity index (χ3n) is 3.95. The Morgan fingerprint density at radius 2 is 2.35 bits per heavy atom. The summed E-state index contributed by atoms with van der Waals surface area (Å²) in [5.41, 5.74) is 0. The van der Waals surface area contributed by atoms with Crippen LogP contribution in [0.25, 0.3) is 0 Å². The Bertz CT molecular complexity index is 487. The van der Waals surface area contributed by atoms with Crippen LogP contribution < -0.4 is 5.32 Å². The van der Waals surface area contributed by atoms with Gasteiger partial charge in [-0.15, -0.1) is 0 Å². The fourth-order valence-electron chi connectivity index (χ4n) is 2.90. The first-order valence-corrected chi connectivity index (χ1v) is 7.04. The Morgan fingerprint density at radius 3 is 3.05 bits per heavy atom. The molecule has 0 aliphatic carbocycles. The lowest BCUT2D eigenvalue weighted by Gasteiger charge is -2.25. The number of aromatic nitrogens is 2. The van der Waals surface area contributed by atoms with Gasteiger partial charge in [0.1, 0.15) is 0 Å². The van der Waals surface area contributed by atoms with Crippen LogP contribution in [0.5, 0.6) is 0 Å². The first-order valence-electron chi connectivity index (χ1n) is 7.04. The molecule has 7 nitrogen and oxygen atoms in total. The predicted octanol–water partition coefficient (Wildman–Crippen LogP) is -0.101. The number of hydrogen-bond donors (Lipinski definition) is 1. The van der Waals surface area contributed by atoms with Crippen molar-refractivity contribution in [2.45, 2.75) is 25.4 Å². The molecule has 0 saturated carbocycles. The number of urea groups is 1. The molecule has 2 saturated heterocycles. The second kappa shape index (κ2) is 5.62. The van der Waals surface area contributed by atoms with Crippen LogP contribution in [0.2, 0.25) is 0 Å². The number of carbonyl (C=O) groups is 2. The van der Waals surface area contributed by atoms with Gasteiger partial charge in [0.15, 0.2) is 0 Å². The minimum Gasteiger partial charge on any atom is -0.336 e. The zero-order valence-corrected chi connectivity index (χ0v) is 11.4. The van der Waals surface area contributed by atoms with E-state index in [1.54, 1.807) is 6.20 Å². The molecule has 3 heterocycles. The first kappa shape index (κ1) is 13.1. The Balaban J connectivity index is 1.58. The summed E-state index contributed by atoms with van der Waals surface area (Å²) in [6.45, 7) is 3.07. The van der Waals surface area contributed by atoms with Crippen LogP contribution >= 0.6 is 0 Å². The van der Waals surface area contributed by atoms with Gasteiger partial charge in [-0.1, -0.05) is 0 Å². The summed E-state index contributed by atoms with van der Waals surface area (Å²) in [6.07, 6.45) is 5.86. The van der Waals surface area contributed by atoms with Crippen molar-refractivity contribution < 1.29 is 9.59 Å². The van der Waals surface area contributed by atoms with Crippen LogP contribution in [0.4, 0.5) is 4.79 Å². The molecule has 1 aromatic rings. The lowest BCUT2D eigenvalue weighted by Crippen LogP contribution is -2.44. The summed E-state index contributed by atoms with van der Waals surface area (Å²) in [7, 11) is 0. The number of hydrogen-bond acceptors (Lipinski definition) is 4. The SMILES string of the molecule is O=C(CN1CCCC1Cn1cccn1)N1CCNC1=O. The molecule has 3 rings (SSSR count). The summed E-state index contributed by atoms with van der Waals surface area (Å²) in [6, 6.07) is 1.96. The highest BCUT2D eigenvalue weighted by molar-refractivity contribution is 5.96. The molecule has 1 N–H and O–H groups in total. The fourth-order valence-corrected chi connectivity index (χ4v) is 2.90. The molecule has 7 heteroatoms. The van der Waals surface area contributed by atoms with Gasteiger partial charge in [0.25, 0.3) is 0 Å². The molecule has 0 spiro atoms. The molecule has 0 radical (unpaired) electrons. The summed E-state index contributed by atoms with van der Waals surface area (Å²) in [5, 5.41) is 6.87. The van der Waals surface area contributed by atoms with Crippen molar-refractivity contribution >= 4 is 11.9 Å². The van der Waals surface area contributed by atoms with E-state index in [1.165, 1.54) is 4.90 Å². The quantitative estimate of drug-likeness (QED) is 0.834. The third-order valence-corrected chi connectivity index (χ3v) is 3.95. The third kappa shape index (κ3) is 2.67. The first-order chi connectivity index (χ1) is 9.74. The molecule has 2 aliphatic heterocycles. The van der Waals surface area contributed by atoms with Gasteiger partial charge in [-0.2, -0.15) is 5.10 Å². The summed E-state index contributed by atoms with van der Waals surface area (Å²) < 4.78 is 1.90. The summed E-state index contributed by atoms with van der Waals surface area (Å²) in [4.78, 5) is 27.1. The minimum absolute atomic E-state index is 0.104. The maximum absolute atomic E-state index is 12.2. The van der Waals surface area contributed by atoms with Crippen molar-refractivity contribution in [3.63, 3.8) is 0 Å². The molecular formula is C13H19N5O2. The van der Waals surface area contributed by atoms with Gasteiger partial charge in [0.2, 0.25) is 5.91 Å². The zero-order chi connectivity index (χ0) is 13.9. The standard InChI is InChI=1S/C13H19N5O2/c19-12(18-8-5-14-13(18)20)10-16-6-1-3-11(16)9-17-7-2-4-15-17/h2,4,7,11H,1,3,5-6,8-10H2,(H,14,20). The van der Waals surface area contributed by atoms with Crippen molar-refractivity contribution in [2.75, 3.05) is 26.2 Å². The van der Waals surface area contributed by atoms with Crippen LogP contribution in [-0.2, 0) is 11.3 Å². The molecule has 2 fully saturated rings. The molecule has 0 aromatic carbocycles. The van der Waals surface area contributed by atoms with Crippen LogP contribution in [0.3, 0.4) is 0 Å². The highest BCUT2D eigenvalue weighted by Gasteiger charge is 2.31. The van der Waals surface area contributed by atoms with E-state index in [1.807, 2.05) is 16.9 Å². The lowest BCUT2D eigenvalue weighted by atomic mass is 10.2. The Kier molecular flexibility index (Phi) is 3.68. The average Bonchev–Trinajstić information content (AvgIpc) is 3.13. The molecule has 1 unspecified atom stereocenters. The zero-order valence-electron chi connectivity index (χ0n) is 11.4. The smallest absolute Gasteiger partial charge is 0.324 e. The Labute approximate surface area is 117 Å². The number of likely N-dealkylation sites (tertiary alicyclic amines) is 1. The summed E-state index contributed by atoms with van der Waals surface area (Å²) >= 11 is 0. The van der Waals surface area contributed by atoms with E-state index < -0.39 is 0 Å². The van der Waals surface area contributed by atoms with Gasteiger partial charge in [-0.25, -0.2) is 4.79 Å². The lowest BCUT2D eigenvalue weighted by molar-refractivity contribution is -0.129. The Hall–Kier alpha value is -1.89. The van der Waals surface area contributed by atoms with E-state index in [2.05, 4.69) is 15.3 Å². The van der Waals surface area contributed by atoms with E-state index in [0.717, 1.165) is 25.9 Å². The molecule has 20 heavy (non-hydrogen) atoms. The van der Waals surface area contributed by atoms with Crippen LogP contribution in [0, 0.1) is 0 Å². The molecular weight excluding hydrogens is 258 g/mol. The van der Waals surface area contributed by atoms with Crippen LogP contribution in [0.1, 0.15) is 12.8 Å². The van der Waals surface area contributed by atoms with Gasteiger partial charge >= 0.3 is 6.03 Å². The minimum atomic E-state index is -0.266. The summed E-state index contributed by atoms with van der Waals surface area (Å²) in [5.74, 6) is -0.104. The number of nitrogens with zero attached hydrogens (tertiary/aromatic N) is 4. The second-order valence-electron chi connectivity index (χ2n) is 5.27. The van der Waals surface area contributed by atoms with Gasteiger partial charge in [-0.3, -0.25) is 19.3 Å². The van der Waals surface area contributed by atoms with E-state index in [9.17, 15) is 9.59 Å². The Morgan fingerprint density at radius 1 is 1.45 bits per heavy atom. The number of imide groups is 1. The van der Waals surface area contributed by atoms with Gasteiger partial charge in [0, 0.05) is 31.5 Å². The second-order valence-corrected chi connectivity index (χ2v) is 5.27. The topological polar surface area (TPSA) is 70.5 Å². The van der Waals surface area contributed by atoms with Crippen molar-refractivity contribution in [2.24, 2.45) is 0 Å². The van der Waals surface area contributed by atoms with Crippen molar-refractivity contribution in [1.29, 1.82) is 0 Å².